The molecule has 1 fully saturated rings. The van der Waals surface area contributed by atoms with E-state index in [2.05, 4.69) is 11.9 Å². The van der Waals surface area contributed by atoms with Crippen LogP contribution in [-0.4, -0.2) is 36.8 Å². The first-order valence-electron chi connectivity index (χ1n) is 7.42. The number of rotatable bonds is 5. The average molecular weight is 278 g/mol. The van der Waals surface area contributed by atoms with E-state index in [1.54, 1.807) is 13.2 Å². The molecule has 1 aromatic carbocycles. The van der Waals surface area contributed by atoms with Crippen LogP contribution in [0.5, 0.6) is 11.5 Å². The molecule has 0 heterocycles. The van der Waals surface area contributed by atoms with Crippen molar-refractivity contribution in [3.63, 3.8) is 0 Å². The highest BCUT2D eigenvalue weighted by Crippen LogP contribution is 2.32. The maximum absolute atomic E-state index is 10.2. The number of phenols is 1. The molecule has 0 radical (unpaired) electrons. The summed E-state index contributed by atoms with van der Waals surface area (Å²) in [5.74, 6) is 1.36. The van der Waals surface area contributed by atoms with Crippen LogP contribution in [0.1, 0.15) is 31.2 Å². The standard InChI is InChI=1S/C16H26N2O2/c1-18(14-8-4-3-6-12(14)10-17)11-13-7-5-9-15(20-2)16(13)19/h5,7,9,12,14,19H,3-4,6,8,10-11,17H2,1-2H3. The summed E-state index contributed by atoms with van der Waals surface area (Å²) in [6.07, 6.45) is 4.98. The molecule has 1 aromatic rings. The molecule has 1 aliphatic carbocycles. The van der Waals surface area contributed by atoms with Gasteiger partial charge in [-0.2, -0.15) is 0 Å². The molecule has 0 amide bonds. The molecule has 3 N–H and O–H groups in total. The van der Waals surface area contributed by atoms with E-state index in [-0.39, 0.29) is 5.75 Å². The van der Waals surface area contributed by atoms with Crippen molar-refractivity contribution in [3.8, 4) is 11.5 Å². The quantitative estimate of drug-likeness (QED) is 0.868. The van der Waals surface area contributed by atoms with E-state index in [0.29, 0.717) is 17.7 Å². The summed E-state index contributed by atoms with van der Waals surface area (Å²) >= 11 is 0. The van der Waals surface area contributed by atoms with Crippen molar-refractivity contribution in [1.82, 2.24) is 4.90 Å². The molecule has 112 valence electrons. The molecule has 1 aliphatic rings. The summed E-state index contributed by atoms with van der Waals surface area (Å²) in [7, 11) is 3.70. The number of benzene rings is 1. The van der Waals surface area contributed by atoms with Gasteiger partial charge in [-0.15, -0.1) is 0 Å². The third-order valence-electron chi connectivity index (χ3n) is 4.46. The first-order chi connectivity index (χ1) is 9.67. The lowest BCUT2D eigenvalue weighted by atomic mass is 9.83. The van der Waals surface area contributed by atoms with Gasteiger partial charge in [-0.1, -0.05) is 25.0 Å². The van der Waals surface area contributed by atoms with Crippen molar-refractivity contribution in [1.29, 1.82) is 0 Å². The number of ether oxygens (including phenoxy) is 1. The Balaban J connectivity index is 2.08. The van der Waals surface area contributed by atoms with Gasteiger partial charge in [0.25, 0.3) is 0 Å². The number of phenolic OH excluding ortho intramolecular Hbond substituents is 1. The van der Waals surface area contributed by atoms with E-state index in [9.17, 15) is 5.11 Å². The van der Waals surface area contributed by atoms with E-state index in [0.717, 1.165) is 18.7 Å². The van der Waals surface area contributed by atoms with Crippen LogP contribution < -0.4 is 10.5 Å². The summed E-state index contributed by atoms with van der Waals surface area (Å²) in [6.45, 7) is 1.48. The summed E-state index contributed by atoms with van der Waals surface area (Å²) in [6, 6.07) is 6.17. The predicted molar refractivity (Wildman–Crippen MR) is 80.9 cm³/mol. The van der Waals surface area contributed by atoms with E-state index in [1.165, 1.54) is 25.7 Å². The fourth-order valence-electron chi connectivity index (χ4n) is 3.29. The van der Waals surface area contributed by atoms with Crippen molar-refractivity contribution >= 4 is 0 Å². The molecule has 1 saturated carbocycles. The van der Waals surface area contributed by atoms with Crippen LogP contribution in [0.3, 0.4) is 0 Å². The molecule has 0 saturated heterocycles. The number of hydrogen-bond acceptors (Lipinski definition) is 4. The number of nitrogens with two attached hydrogens (primary N) is 1. The number of methoxy groups -OCH3 is 1. The molecule has 2 unspecified atom stereocenters. The Morgan fingerprint density at radius 1 is 1.35 bits per heavy atom. The Labute approximate surface area is 121 Å². The molecular weight excluding hydrogens is 252 g/mol. The van der Waals surface area contributed by atoms with Gasteiger partial charge in [-0.05, 0) is 38.4 Å². The lowest BCUT2D eigenvalue weighted by Crippen LogP contribution is -2.42. The Morgan fingerprint density at radius 2 is 2.10 bits per heavy atom. The number of hydrogen-bond donors (Lipinski definition) is 2. The molecule has 4 heteroatoms. The van der Waals surface area contributed by atoms with Gasteiger partial charge in [0.2, 0.25) is 0 Å². The second-order valence-electron chi connectivity index (χ2n) is 5.73. The minimum absolute atomic E-state index is 0.252. The van der Waals surface area contributed by atoms with Gasteiger partial charge in [-0.25, -0.2) is 0 Å². The zero-order valence-corrected chi connectivity index (χ0v) is 12.5. The van der Waals surface area contributed by atoms with Crippen molar-refractivity contribution in [2.45, 2.75) is 38.3 Å². The smallest absolute Gasteiger partial charge is 0.162 e. The molecular formula is C16H26N2O2. The molecule has 0 bridgehead atoms. The minimum atomic E-state index is 0.252. The zero-order chi connectivity index (χ0) is 14.5. The maximum Gasteiger partial charge on any atom is 0.162 e. The topological polar surface area (TPSA) is 58.7 Å². The fraction of sp³-hybridized carbons (Fsp3) is 0.625. The Morgan fingerprint density at radius 3 is 2.80 bits per heavy atom. The first-order valence-corrected chi connectivity index (χ1v) is 7.42. The monoisotopic (exact) mass is 278 g/mol. The molecule has 0 aliphatic heterocycles. The zero-order valence-electron chi connectivity index (χ0n) is 12.5. The van der Waals surface area contributed by atoms with Gasteiger partial charge in [0, 0.05) is 18.2 Å². The lowest BCUT2D eigenvalue weighted by Gasteiger charge is -2.37. The highest BCUT2D eigenvalue weighted by Gasteiger charge is 2.27. The van der Waals surface area contributed by atoms with E-state index in [4.69, 9.17) is 10.5 Å². The largest absolute Gasteiger partial charge is 0.504 e. The molecule has 20 heavy (non-hydrogen) atoms. The molecule has 0 aromatic heterocycles. The summed E-state index contributed by atoms with van der Waals surface area (Å²) in [4.78, 5) is 2.32. The minimum Gasteiger partial charge on any atom is -0.504 e. The summed E-state index contributed by atoms with van der Waals surface area (Å²) in [5.41, 5.74) is 6.81. The second-order valence-corrected chi connectivity index (χ2v) is 5.73. The Kier molecular flexibility index (Phi) is 5.26. The summed E-state index contributed by atoms with van der Waals surface area (Å²) in [5, 5.41) is 10.2. The molecule has 2 rings (SSSR count). The van der Waals surface area contributed by atoms with Gasteiger partial charge >= 0.3 is 0 Å². The lowest BCUT2D eigenvalue weighted by molar-refractivity contribution is 0.126. The van der Waals surface area contributed by atoms with Crippen LogP contribution in [0.15, 0.2) is 18.2 Å². The highest BCUT2D eigenvalue weighted by molar-refractivity contribution is 5.45. The highest BCUT2D eigenvalue weighted by atomic mass is 16.5. The van der Waals surface area contributed by atoms with Crippen LogP contribution >= 0.6 is 0 Å². The normalized spacial score (nSPS) is 23.0. The van der Waals surface area contributed by atoms with Crippen LogP contribution in [0.2, 0.25) is 0 Å². The third-order valence-corrected chi connectivity index (χ3v) is 4.46. The van der Waals surface area contributed by atoms with Gasteiger partial charge in [0.05, 0.1) is 7.11 Å². The third kappa shape index (κ3) is 3.25. The SMILES string of the molecule is COc1cccc(CN(C)C2CCCCC2CN)c1O. The molecule has 0 spiro atoms. The summed E-state index contributed by atoms with van der Waals surface area (Å²) < 4.78 is 5.17. The van der Waals surface area contributed by atoms with Crippen molar-refractivity contribution < 1.29 is 9.84 Å². The van der Waals surface area contributed by atoms with E-state index in [1.807, 2.05) is 12.1 Å². The number of aromatic hydroxyl groups is 1. The van der Waals surface area contributed by atoms with Gasteiger partial charge in [0.15, 0.2) is 11.5 Å². The fourth-order valence-corrected chi connectivity index (χ4v) is 3.29. The van der Waals surface area contributed by atoms with Crippen molar-refractivity contribution in [2.24, 2.45) is 11.7 Å². The predicted octanol–water partition coefficient (Wildman–Crippen LogP) is 2.35. The molecule has 2 atom stereocenters. The van der Waals surface area contributed by atoms with E-state index < -0.39 is 0 Å². The van der Waals surface area contributed by atoms with Gasteiger partial charge in [0.1, 0.15) is 0 Å². The Bertz CT molecular complexity index is 436. The van der Waals surface area contributed by atoms with Crippen LogP contribution in [0.4, 0.5) is 0 Å². The van der Waals surface area contributed by atoms with Crippen LogP contribution in [-0.2, 0) is 6.54 Å². The maximum atomic E-state index is 10.2. The number of nitrogens with zero attached hydrogens (tertiary/aromatic N) is 1. The van der Waals surface area contributed by atoms with Crippen molar-refractivity contribution in [3.05, 3.63) is 23.8 Å². The van der Waals surface area contributed by atoms with Gasteiger partial charge < -0.3 is 15.6 Å². The van der Waals surface area contributed by atoms with Crippen molar-refractivity contribution in [2.75, 3.05) is 20.7 Å². The average Bonchev–Trinajstić information content (AvgIpc) is 2.49. The Hall–Kier alpha value is -1.26. The second kappa shape index (κ2) is 6.95. The number of para-hydroxylation sites is 1. The molecule has 4 nitrogen and oxygen atoms in total. The first kappa shape index (κ1) is 15.1. The van der Waals surface area contributed by atoms with Gasteiger partial charge in [-0.3, -0.25) is 4.90 Å². The van der Waals surface area contributed by atoms with E-state index >= 15 is 0 Å². The van der Waals surface area contributed by atoms with Crippen LogP contribution in [0, 0.1) is 5.92 Å². The van der Waals surface area contributed by atoms with Crippen LogP contribution in [0.25, 0.3) is 0 Å².